The van der Waals surface area contributed by atoms with Crippen LogP contribution in [0.15, 0.2) is 30.4 Å². The lowest BCUT2D eigenvalue weighted by atomic mass is 9.91. The van der Waals surface area contributed by atoms with E-state index in [1.54, 1.807) is 19.1 Å². The Morgan fingerprint density at radius 1 is 1.38 bits per heavy atom. The van der Waals surface area contributed by atoms with Crippen molar-refractivity contribution in [2.24, 2.45) is 5.92 Å². The molecule has 1 aromatic carbocycles. The average molecular weight is 446 g/mol. The van der Waals surface area contributed by atoms with Gasteiger partial charge in [-0.1, -0.05) is 24.6 Å². The third-order valence-corrected chi connectivity index (χ3v) is 4.95. The summed E-state index contributed by atoms with van der Waals surface area (Å²) in [4.78, 5) is 0. The van der Waals surface area contributed by atoms with Crippen molar-refractivity contribution < 1.29 is 20.1 Å². The van der Waals surface area contributed by atoms with Crippen LogP contribution in [0, 0.1) is 9.49 Å². The molecule has 0 saturated heterocycles. The number of phenolic OH excluding ortho intramolecular Hbond substituents is 1. The van der Waals surface area contributed by atoms with Gasteiger partial charge in [0.05, 0.1) is 22.9 Å². The van der Waals surface area contributed by atoms with E-state index in [1.165, 1.54) is 12.7 Å². The molecule has 3 atom stereocenters. The van der Waals surface area contributed by atoms with Crippen LogP contribution in [0.5, 0.6) is 11.5 Å². The quantitative estimate of drug-likeness (QED) is 0.394. The molecule has 1 rings (SSSR count). The van der Waals surface area contributed by atoms with Gasteiger partial charge in [-0.15, -0.1) is 6.58 Å². The average Bonchev–Trinajstić information content (AvgIpc) is 2.54. The second-order valence-electron chi connectivity index (χ2n) is 5.87. The van der Waals surface area contributed by atoms with Crippen LogP contribution in [0.1, 0.15) is 38.7 Å². The summed E-state index contributed by atoms with van der Waals surface area (Å²) in [7, 11) is 1.53. The van der Waals surface area contributed by atoms with Gasteiger partial charge in [0.1, 0.15) is 0 Å². The van der Waals surface area contributed by atoms with Gasteiger partial charge >= 0.3 is 0 Å². The first-order chi connectivity index (χ1) is 11.3. The fourth-order valence-corrected chi connectivity index (χ4v) is 3.25. The Bertz CT molecular complexity index is 581. The number of aromatic hydroxyl groups is 1. The summed E-state index contributed by atoms with van der Waals surface area (Å²) in [5.41, 5.74) is 2.14. The zero-order valence-electron chi connectivity index (χ0n) is 14.5. The SMILES string of the molecule is C=C[C@H]([C@H](O)CC/C(=C/c1cc(I)c(O)c(OC)c1)CC)[C@@H](C)O. The first-order valence-electron chi connectivity index (χ1n) is 8.08. The highest BCUT2D eigenvalue weighted by molar-refractivity contribution is 14.1. The lowest BCUT2D eigenvalue weighted by Crippen LogP contribution is -2.28. The summed E-state index contributed by atoms with van der Waals surface area (Å²) in [5, 5.41) is 29.8. The minimum atomic E-state index is -0.619. The molecule has 0 aromatic heterocycles. The van der Waals surface area contributed by atoms with Crippen molar-refractivity contribution in [3.63, 3.8) is 0 Å². The third-order valence-electron chi connectivity index (χ3n) is 4.13. The van der Waals surface area contributed by atoms with E-state index >= 15 is 0 Å². The molecule has 0 aliphatic carbocycles. The maximum Gasteiger partial charge on any atom is 0.171 e. The number of halogens is 1. The highest BCUT2D eigenvalue weighted by Gasteiger charge is 2.20. The van der Waals surface area contributed by atoms with E-state index in [4.69, 9.17) is 4.74 Å². The predicted octanol–water partition coefficient (Wildman–Crippen LogP) is 4.12. The van der Waals surface area contributed by atoms with Crippen LogP contribution in [0.4, 0.5) is 0 Å². The largest absolute Gasteiger partial charge is 0.504 e. The summed E-state index contributed by atoms with van der Waals surface area (Å²) in [5.74, 6) is 0.275. The lowest BCUT2D eigenvalue weighted by Gasteiger charge is -2.22. The molecule has 0 unspecified atom stereocenters. The van der Waals surface area contributed by atoms with E-state index in [-0.39, 0.29) is 11.7 Å². The topological polar surface area (TPSA) is 69.9 Å². The lowest BCUT2D eigenvalue weighted by molar-refractivity contribution is 0.0421. The van der Waals surface area contributed by atoms with Crippen LogP contribution in [-0.2, 0) is 0 Å². The van der Waals surface area contributed by atoms with Crippen LogP contribution in [0.25, 0.3) is 6.08 Å². The van der Waals surface area contributed by atoms with Gasteiger partial charge in [-0.3, -0.25) is 0 Å². The molecule has 1 aromatic rings. The standard InChI is InChI=1S/C19H27IO4/c1-5-13(7-8-17(22)15(6-2)12(3)21)9-14-10-16(20)19(23)18(11-14)24-4/h6,9-12,15,17,21-23H,2,5,7-8H2,1,3-4H3/b13-9+/t12-,15+,17-/m1/s1. The summed E-state index contributed by atoms with van der Waals surface area (Å²) in [6.45, 7) is 7.42. The molecule has 5 heteroatoms. The van der Waals surface area contributed by atoms with Crippen LogP contribution >= 0.6 is 22.6 Å². The van der Waals surface area contributed by atoms with Crippen molar-refractivity contribution in [3.8, 4) is 11.5 Å². The molecule has 3 N–H and O–H groups in total. The predicted molar refractivity (Wildman–Crippen MR) is 106 cm³/mol. The number of benzene rings is 1. The van der Waals surface area contributed by atoms with Gasteiger partial charge in [0.15, 0.2) is 11.5 Å². The highest BCUT2D eigenvalue weighted by Crippen LogP contribution is 2.33. The normalized spacial score (nSPS) is 15.7. The minimum Gasteiger partial charge on any atom is -0.504 e. The Morgan fingerprint density at radius 3 is 2.54 bits per heavy atom. The van der Waals surface area contributed by atoms with Crippen molar-refractivity contribution in [2.75, 3.05) is 7.11 Å². The molecule has 0 radical (unpaired) electrons. The number of rotatable bonds is 9. The first-order valence-corrected chi connectivity index (χ1v) is 9.16. The number of allylic oxidation sites excluding steroid dienone is 1. The van der Waals surface area contributed by atoms with E-state index in [2.05, 4.69) is 42.2 Å². The van der Waals surface area contributed by atoms with Gasteiger partial charge in [-0.2, -0.15) is 0 Å². The van der Waals surface area contributed by atoms with E-state index in [1.807, 2.05) is 6.07 Å². The Morgan fingerprint density at radius 2 is 2.04 bits per heavy atom. The van der Waals surface area contributed by atoms with Gasteiger partial charge in [0.25, 0.3) is 0 Å². The molecule has 0 aliphatic rings. The van der Waals surface area contributed by atoms with E-state index < -0.39 is 12.2 Å². The van der Waals surface area contributed by atoms with Gasteiger partial charge in [-0.25, -0.2) is 0 Å². The van der Waals surface area contributed by atoms with Gasteiger partial charge < -0.3 is 20.1 Å². The Hall–Kier alpha value is -1.05. The molecule has 0 amide bonds. The Balaban J connectivity index is 2.88. The molecular formula is C19H27IO4. The fraction of sp³-hybridized carbons (Fsp3) is 0.474. The van der Waals surface area contributed by atoms with Crippen LogP contribution in [0.3, 0.4) is 0 Å². The van der Waals surface area contributed by atoms with Crippen molar-refractivity contribution >= 4 is 28.7 Å². The van der Waals surface area contributed by atoms with Gasteiger partial charge in [0.2, 0.25) is 0 Å². The molecule has 0 aliphatic heterocycles. The second kappa shape index (κ2) is 10.1. The van der Waals surface area contributed by atoms with Crippen molar-refractivity contribution in [1.29, 1.82) is 0 Å². The number of ether oxygens (including phenoxy) is 1. The van der Waals surface area contributed by atoms with Crippen molar-refractivity contribution in [2.45, 2.75) is 45.3 Å². The van der Waals surface area contributed by atoms with Crippen LogP contribution < -0.4 is 4.74 Å². The van der Waals surface area contributed by atoms with E-state index in [9.17, 15) is 15.3 Å². The summed E-state index contributed by atoms with van der Waals surface area (Å²) >= 11 is 2.07. The van der Waals surface area contributed by atoms with Crippen LogP contribution in [0.2, 0.25) is 0 Å². The molecular weight excluding hydrogens is 419 g/mol. The fourth-order valence-electron chi connectivity index (χ4n) is 2.62. The monoisotopic (exact) mass is 446 g/mol. The summed E-state index contributed by atoms with van der Waals surface area (Å²) < 4.78 is 5.92. The van der Waals surface area contributed by atoms with Gasteiger partial charge in [-0.05, 0) is 66.5 Å². The third kappa shape index (κ3) is 5.79. The number of phenols is 1. The Labute approximate surface area is 158 Å². The molecule has 0 fully saturated rings. The summed E-state index contributed by atoms with van der Waals surface area (Å²) in [6, 6.07) is 3.69. The minimum absolute atomic E-state index is 0.148. The van der Waals surface area contributed by atoms with E-state index in [0.29, 0.717) is 12.2 Å². The zero-order chi connectivity index (χ0) is 18.3. The molecule has 4 nitrogen and oxygen atoms in total. The molecule has 24 heavy (non-hydrogen) atoms. The molecule has 0 saturated carbocycles. The summed E-state index contributed by atoms with van der Waals surface area (Å²) in [6.07, 6.45) is 4.59. The second-order valence-corrected chi connectivity index (χ2v) is 7.03. The maximum absolute atomic E-state index is 10.2. The zero-order valence-corrected chi connectivity index (χ0v) is 16.7. The molecule has 0 bridgehead atoms. The molecule has 0 spiro atoms. The van der Waals surface area contributed by atoms with Crippen molar-refractivity contribution in [1.82, 2.24) is 0 Å². The molecule has 0 heterocycles. The first kappa shape index (κ1) is 21.0. The number of aliphatic hydroxyl groups excluding tert-OH is 2. The number of hydrogen-bond donors (Lipinski definition) is 3. The maximum atomic E-state index is 10.2. The smallest absolute Gasteiger partial charge is 0.171 e. The number of hydrogen-bond acceptors (Lipinski definition) is 4. The number of methoxy groups -OCH3 is 1. The Kier molecular flexibility index (Phi) is 8.80. The van der Waals surface area contributed by atoms with E-state index in [0.717, 1.165) is 22.0 Å². The van der Waals surface area contributed by atoms with Gasteiger partial charge in [0, 0.05) is 5.92 Å². The molecule has 134 valence electrons. The highest BCUT2D eigenvalue weighted by atomic mass is 127. The van der Waals surface area contributed by atoms with Crippen molar-refractivity contribution in [3.05, 3.63) is 39.5 Å². The number of aliphatic hydroxyl groups is 2. The van der Waals surface area contributed by atoms with Crippen LogP contribution in [-0.4, -0.2) is 34.6 Å².